The fourth-order valence-corrected chi connectivity index (χ4v) is 3.50. The number of nitrogens with one attached hydrogen (secondary N) is 1. The lowest BCUT2D eigenvalue weighted by molar-refractivity contribution is -0.164. The first-order valence-electron chi connectivity index (χ1n) is 7.76. The maximum Gasteiger partial charge on any atom is 0.397 e. The van der Waals surface area contributed by atoms with Crippen LogP contribution in [0.3, 0.4) is 0 Å². The van der Waals surface area contributed by atoms with E-state index in [1.54, 1.807) is 19.2 Å². The van der Waals surface area contributed by atoms with Gasteiger partial charge in [0.15, 0.2) is 0 Å². The fourth-order valence-electron chi connectivity index (χ4n) is 3.50. The Balaban J connectivity index is 1.93. The van der Waals surface area contributed by atoms with Crippen LogP contribution in [0.25, 0.3) is 4.85 Å². The van der Waals surface area contributed by atoms with Gasteiger partial charge in [-0.2, -0.15) is 13.2 Å². The molecule has 7 heteroatoms. The molecule has 4 nitrogen and oxygen atoms in total. The van der Waals surface area contributed by atoms with Crippen LogP contribution >= 0.6 is 0 Å². The molecule has 0 amide bonds. The highest BCUT2D eigenvalue weighted by Gasteiger charge is 2.48. The second-order valence-corrected chi connectivity index (χ2v) is 6.20. The number of imidazole rings is 1. The van der Waals surface area contributed by atoms with E-state index < -0.39 is 18.0 Å². The Morgan fingerprint density at radius 3 is 2.79 bits per heavy atom. The van der Waals surface area contributed by atoms with Gasteiger partial charge in [0.05, 0.1) is 12.0 Å². The summed E-state index contributed by atoms with van der Waals surface area (Å²) in [5, 5.41) is 0. The molecule has 0 aromatic carbocycles. The van der Waals surface area contributed by atoms with Gasteiger partial charge in [0, 0.05) is 11.9 Å². The van der Waals surface area contributed by atoms with E-state index in [1.165, 1.54) is 6.33 Å². The first-order chi connectivity index (χ1) is 11.4. The molecule has 1 unspecified atom stereocenters. The lowest BCUT2D eigenvalue weighted by Crippen LogP contribution is -2.32. The standard InChI is InChI=1S/C17H17F3N4/c1-10-16(24-9-23-10)15(17(18,19)20)11-3-4-12-7-22-14(8-21-2)6-13(12)5-11/h6-7,9,11,15H,3-5,8H2,1H3,(H,23,24)/t11?,15-/m1/s1. The minimum Gasteiger partial charge on any atom is -0.348 e. The number of hydrogen-bond donors (Lipinski definition) is 1. The summed E-state index contributed by atoms with van der Waals surface area (Å²) in [4.78, 5) is 14.2. The van der Waals surface area contributed by atoms with Crippen LogP contribution in [0, 0.1) is 19.4 Å². The third kappa shape index (κ3) is 3.14. The number of rotatable bonds is 3. The second kappa shape index (κ2) is 6.27. The van der Waals surface area contributed by atoms with Crippen LogP contribution in [0.2, 0.25) is 0 Å². The van der Waals surface area contributed by atoms with Gasteiger partial charge in [-0.1, -0.05) is 0 Å². The van der Waals surface area contributed by atoms with Gasteiger partial charge in [-0.15, -0.1) is 0 Å². The number of alkyl halides is 3. The summed E-state index contributed by atoms with van der Waals surface area (Å²) < 4.78 is 41.2. The Kier molecular flexibility index (Phi) is 4.31. The van der Waals surface area contributed by atoms with E-state index in [2.05, 4.69) is 19.8 Å². The zero-order valence-corrected chi connectivity index (χ0v) is 13.2. The fraction of sp³-hybridized carbons (Fsp3) is 0.471. The average Bonchev–Trinajstić information content (AvgIpc) is 2.92. The summed E-state index contributed by atoms with van der Waals surface area (Å²) in [6.07, 6.45) is 0.0366. The van der Waals surface area contributed by atoms with Gasteiger partial charge in [0.2, 0.25) is 0 Å². The number of fused-ring (bicyclic) bond motifs is 1. The van der Waals surface area contributed by atoms with Gasteiger partial charge < -0.3 is 9.83 Å². The SMILES string of the molecule is [C-]#[N+]Cc1cc2c(cn1)CCC([C@H](c1nc[nH]c1C)C(F)(F)F)C2. The number of aromatic nitrogens is 3. The molecule has 0 radical (unpaired) electrons. The van der Waals surface area contributed by atoms with Crippen molar-refractivity contribution in [2.24, 2.45) is 5.92 Å². The van der Waals surface area contributed by atoms with E-state index in [0.29, 0.717) is 30.7 Å². The smallest absolute Gasteiger partial charge is 0.348 e. The first kappa shape index (κ1) is 16.5. The number of nitrogens with zero attached hydrogens (tertiary/aromatic N) is 3. The van der Waals surface area contributed by atoms with Gasteiger partial charge in [0.25, 0.3) is 6.54 Å². The van der Waals surface area contributed by atoms with Crippen molar-refractivity contribution < 1.29 is 13.2 Å². The summed E-state index contributed by atoms with van der Waals surface area (Å²) in [6, 6.07) is 1.78. The Hall–Kier alpha value is -2.36. The summed E-state index contributed by atoms with van der Waals surface area (Å²) in [7, 11) is 0. The van der Waals surface area contributed by atoms with E-state index >= 15 is 0 Å². The van der Waals surface area contributed by atoms with Gasteiger partial charge in [-0.05, 0) is 49.3 Å². The van der Waals surface area contributed by atoms with E-state index in [1.807, 2.05) is 0 Å². The molecule has 1 aliphatic rings. The van der Waals surface area contributed by atoms with E-state index in [9.17, 15) is 13.2 Å². The molecule has 0 bridgehead atoms. The predicted molar refractivity (Wildman–Crippen MR) is 82.2 cm³/mol. The van der Waals surface area contributed by atoms with E-state index in [0.717, 1.165) is 11.1 Å². The predicted octanol–water partition coefficient (Wildman–Crippen LogP) is 3.98. The summed E-state index contributed by atoms with van der Waals surface area (Å²) >= 11 is 0. The monoisotopic (exact) mass is 334 g/mol. The highest BCUT2D eigenvalue weighted by atomic mass is 19.4. The molecule has 0 fully saturated rings. The number of aromatic amines is 1. The second-order valence-electron chi connectivity index (χ2n) is 6.20. The Labute approximate surface area is 138 Å². The van der Waals surface area contributed by atoms with E-state index in [-0.39, 0.29) is 12.2 Å². The number of aryl methyl sites for hydroxylation is 2. The van der Waals surface area contributed by atoms with E-state index in [4.69, 9.17) is 6.57 Å². The van der Waals surface area contributed by atoms with Crippen LogP contribution in [0.4, 0.5) is 13.2 Å². The number of H-pyrrole nitrogens is 1. The van der Waals surface area contributed by atoms with Crippen molar-refractivity contribution in [1.82, 2.24) is 15.0 Å². The molecule has 1 N–H and O–H groups in total. The minimum atomic E-state index is -4.34. The Bertz CT molecular complexity index is 773. The van der Waals surface area contributed by atoms with Crippen LogP contribution in [-0.4, -0.2) is 21.1 Å². The van der Waals surface area contributed by atoms with Crippen LogP contribution in [0.1, 0.15) is 40.5 Å². The van der Waals surface area contributed by atoms with Crippen LogP contribution in [0.15, 0.2) is 18.6 Å². The molecule has 0 saturated carbocycles. The highest BCUT2D eigenvalue weighted by molar-refractivity contribution is 5.31. The summed E-state index contributed by atoms with van der Waals surface area (Å²) in [6.45, 7) is 8.69. The average molecular weight is 334 g/mol. The molecule has 2 aromatic heterocycles. The van der Waals surface area contributed by atoms with Crippen LogP contribution in [0.5, 0.6) is 0 Å². The van der Waals surface area contributed by atoms with Crippen molar-refractivity contribution in [1.29, 1.82) is 0 Å². The van der Waals surface area contributed by atoms with Crippen molar-refractivity contribution >= 4 is 0 Å². The molecule has 0 aliphatic heterocycles. The molecule has 24 heavy (non-hydrogen) atoms. The van der Waals surface area contributed by atoms with Gasteiger partial charge in [-0.25, -0.2) is 11.6 Å². The van der Waals surface area contributed by atoms with Crippen molar-refractivity contribution in [3.63, 3.8) is 0 Å². The minimum absolute atomic E-state index is 0.0892. The molecule has 0 saturated heterocycles. The Morgan fingerprint density at radius 1 is 1.38 bits per heavy atom. The molecular weight excluding hydrogens is 317 g/mol. The lowest BCUT2D eigenvalue weighted by atomic mass is 9.75. The lowest BCUT2D eigenvalue weighted by Gasteiger charge is -2.32. The van der Waals surface area contributed by atoms with Gasteiger partial charge in [0.1, 0.15) is 11.6 Å². The zero-order valence-electron chi connectivity index (χ0n) is 13.2. The topological polar surface area (TPSA) is 45.9 Å². The largest absolute Gasteiger partial charge is 0.397 e. The molecule has 2 aromatic rings. The van der Waals surface area contributed by atoms with Gasteiger partial charge in [-0.3, -0.25) is 4.98 Å². The molecular formula is C17H17F3N4. The molecule has 1 aliphatic carbocycles. The summed E-state index contributed by atoms with van der Waals surface area (Å²) in [5.74, 6) is -2.13. The third-order valence-electron chi connectivity index (χ3n) is 4.63. The van der Waals surface area contributed by atoms with Crippen LogP contribution < -0.4 is 0 Å². The molecule has 126 valence electrons. The molecule has 0 spiro atoms. The first-order valence-corrected chi connectivity index (χ1v) is 7.76. The van der Waals surface area contributed by atoms with Crippen molar-refractivity contribution in [2.45, 2.75) is 44.8 Å². The van der Waals surface area contributed by atoms with Crippen molar-refractivity contribution in [3.05, 3.63) is 58.2 Å². The van der Waals surface area contributed by atoms with Crippen molar-refractivity contribution in [3.8, 4) is 0 Å². The maximum atomic E-state index is 13.7. The van der Waals surface area contributed by atoms with Crippen molar-refractivity contribution in [2.75, 3.05) is 0 Å². The molecule has 2 atom stereocenters. The normalized spacial score (nSPS) is 18.7. The molecule has 3 rings (SSSR count). The maximum absolute atomic E-state index is 13.7. The number of hydrogen-bond acceptors (Lipinski definition) is 2. The summed E-state index contributed by atoms with van der Waals surface area (Å²) in [5.41, 5.74) is 3.03. The number of halogens is 3. The van der Waals surface area contributed by atoms with Crippen LogP contribution in [-0.2, 0) is 19.4 Å². The number of pyridine rings is 1. The van der Waals surface area contributed by atoms with Gasteiger partial charge >= 0.3 is 6.18 Å². The quantitative estimate of drug-likeness (QED) is 0.863. The highest BCUT2D eigenvalue weighted by Crippen LogP contribution is 2.45. The molecule has 2 heterocycles. The zero-order chi connectivity index (χ0) is 17.3. The Morgan fingerprint density at radius 2 is 2.17 bits per heavy atom. The third-order valence-corrected chi connectivity index (χ3v) is 4.63.